The summed E-state index contributed by atoms with van der Waals surface area (Å²) < 4.78 is 0. The molecular formula is C72H44N2. The molecule has 0 bridgehead atoms. The Balaban J connectivity index is 0.863. The van der Waals surface area contributed by atoms with Crippen molar-refractivity contribution < 1.29 is 0 Å². The van der Waals surface area contributed by atoms with Crippen LogP contribution >= 0.6 is 0 Å². The van der Waals surface area contributed by atoms with E-state index >= 15 is 0 Å². The van der Waals surface area contributed by atoms with Crippen LogP contribution in [0.4, 0.5) is 0 Å². The number of hydrogen-bond acceptors (Lipinski definition) is 2. The van der Waals surface area contributed by atoms with Gasteiger partial charge in [0.1, 0.15) is 0 Å². The minimum Gasteiger partial charge on any atom is -0.228 e. The molecular weight excluding hydrogens is 893 g/mol. The van der Waals surface area contributed by atoms with Crippen molar-refractivity contribution in [1.82, 2.24) is 9.97 Å². The predicted octanol–water partition coefficient (Wildman–Crippen LogP) is 17.6. The number of fused-ring (bicyclic) bond motifs is 22. The normalized spacial score (nSPS) is 13.9. The average Bonchev–Trinajstić information content (AvgIpc) is 4.15. The van der Waals surface area contributed by atoms with E-state index in [1.165, 1.54) is 99.1 Å². The van der Waals surface area contributed by atoms with Gasteiger partial charge in [0.25, 0.3) is 0 Å². The minimum absolute atomic E-state index is 0.470. The molecule has 0 fully saturated rings. The molecule has 2 nitrogen and oxygen atoms in total. The average molecular weight is 937 g/mol. The maximum absolute atomic E-state index is 5.42. The predicted molar refractivity (Wildman–Crippen MR) is 304 cm³/mol. The molecule has 13 aromatic rings. The molecule has 16 rings (SSSR count). The first-order valence-electron chi connectivity index (χ1n) is 25.7. The number of rotatable bonds is 4. The Labute approximate surface area is 429 Å². The summed E-state index contributed by atoms with van der Waals surface area (Å²) in [7, 11) is 0. The van der Waals surface area contributed by atoms with Gasteiger partial charge in [0, 0.05) is 16.7 Å². The summed E-state index contributed by atoms with van der Waals surface area (Å²) >= 11 is 0. The molecule has 0 saturated heterocycles. The van der Waals surface area contributed by atoms with Gasteiger partial charge in [-0.2, -0.15) is 0 Å². The molecule has 0 N–H and O–H groups in total. The Bertz CT molecular complexity index is 4380. The summed E-state index contributed by atoms with van der Waals surface area (Å²) in [6, 6.07) is 99.0. The largest absolute Gasteiger partial charge is 0.228 e. The summed E-state index contributed by atoms with van der Waals surface area (Å²) in [6.45, 7) is 0. The number of nitrogens with zero attached hydrogens (tertiary/aromatic N) is 2. The van der Waals surface area contributed by atoms with Gasteiger partial charge in [-0.15, -0.1) is 0 Å². The van der Waals surface area contributed by atoms with Crippen LogP contribution in [0.3, 0.4) is 0 Å². The highest BCUT2D eigenvalue weighted by Crippen LogP contribution is 2.67. The van der Waals surface area contributed by atoms with Crippen molar-refractivity contribution >= 4 is 32.3 Å². The lowest BCUT2D eigenvalue weighted by Crippen LogP contribution is -2.43. The molecule has 0 atom stereocenters. The fourth-order valence-corrected chi connectivity index (χ4v) is 13.8. The first kappa shape index (κ1) is 41.2. The van der Waals surface area contributed by atoms with Gasteiger partial charge in [-0.05, 0) is 134 Å². The van der Waals surface area contributed by atoms with Crippen LogP contribution in [0.5, 0.6) is 0 Å². The van der Waals surface area contributed by atoms with Crippen molar-refractivity contribution in [3.8, 4) is 67.3 Å². The van der Waals surface area contributed by atoms with Gasteiger partial charge in [0.2, 0.25) is 0 Å². The molecule has 12 aromatic carbocycles. The Morgan fingerprint density at radius 3 is 1.14 bits per heavy atom. The van der Waals surface area contributed by atoms with Crippen molar-refractivity contribution in [2.75, 3.05) is 0 Å². The van der Waals surface area contributed by atoms with E-state index in [-0.39, 0.29) is 0 Å². The fourth-order valence-electron chi connectivity index (χ4n) is 13.8. The standard InChI is InChI=1S/C72H44N2/c1-2-19-45(20-3-1)68-44-69(74-70(73-68)49-37-39-54-52-25-5-4-23-50(52)51-24-6-7-26-53(51)58(54)43-49)48-22-18-21-46(41-48)47-38-40-63-59(42-47)57-29-10-13-32-62(57)72(63)66-35-16-14-33-64(66)71(65-34-15-17-36-67(65)72)60-30-11-8-27-55(60)56-28-9-12-31-61(56)71/h1-44H. The van der Waals surface area contributed by atoms with Crippen molar-refractivity contribution in [1.29, 1.82) is 0 Å². The SMILES string of the molecule is c1ccc(-c2cc(-c3cccc(-c4ccc5c(c4)-c4ccccc4C54c5ccccc5C5(c6ccccc6-c6ccccc65)c5ccccc54)c3)nc(-c3ccc4c5ccccc5c5ccccc5c4c3)n2)cc1. The van der Waals surface area contributed by atoms with Crippen molar-refractivity contribution in [3.05, 3.63) is 311 Å². The van der Waals surface area contributed by atoms with Gasteiger partial charge in [-0.25, -0.2) is 9.97 Å². The second kappa shape index (κ2) is 15.5. The van der Waals surface area contributed by atoms with Crippen LogP contribution in [0.15, 0.2) is 267 Å². The zero-order valence-corrected chi connectivity index (χ0v) is 40.3. The summed E-state index contributed by atoms with van der Waals surface area (Å²) in [4.78, 5) is 10.7. The highest BCUT2D eigenvalue weighted by Gasteiger charge is 2.58. The van der Waals surface area contributed by atoms with Crippen LogP contribution < -0.4 is 0 Å². The lowest BCUT2D eigenvalue weighted by Gasteiger charge is -2.48. The van der Waals surface area contributed by atoms with Crippen LogP contribution in [-0.4, -0.2) is 9.97 Å². The molecule has 3 aliphatic rings. The number of benzene rings is 12. The van der Waals surface area contributed by atoms with Gasteiger partial charge in [-0.1, -0.05) is 243 Å². The van der Waals surface area contributed by atoms with E-state index in [2.05, 4.69) is 267 Å². The van der Waals surface area contributed by atoms with Crippen LogP contribution in [0, 0.1) is 0 Å². The third-order valence-electron chi connectivity index (χ3n) is 16.8. The van der Waals surface area contributed by atoms with Crippen molar-refractivity contribution in [2.45, 2.75) is 10.8 Å². The van der Waals surface area contributed by atoms with Crippen LogP contribution in [-0.2, 0) is 10.8 Å². The Morgan fingerprint density at radius 1 is 0.203 bits per heavy atom. The zero-order valence-electron chi connectivity index (χ0n) is 40.3. The molecule has 74 heavy (non-hydrogen) atoms. The number of hydrogen-bond donors (Lipinski definition) is 0. The van der Waals surface area contributed by atoms with Crippen molar-refractivity contribution in [2.24, 2.45) is 0 Å². The zero-order chi connectivity index (χ0) is 48.5. The van der Waals surface area contributed by atoms with Crippen LogP contribution in [0.1, 0.15) is 44.5 Å². The fraction of sp³-hybridized carbons (Fsp3) is 0.0278. The minimum atomic E-state index is -0.537. The molecule has 1 aromatic heterocycles. The molecule has 0 saturated carbocycles. The summed E-state index contributed by atoms with van der Waals surface area (Å²) in [5.41, 5.74) is 22.0. The van der Waals surface area contributed by atoms with E-state index in [0.29, 0.717) is 5.82 Å². The maximum atomic E-state index is 5.42. The van der Waals surface area contributed by atoms with Crippen molar-refractivity contribution in [3.63, 3.8) is 0 Å². The van der Waals surface area contributed by atoms with E-state index < -0.39 is 10.8 Å². The highest BCUT2D eigenvalue weighted by atomic mass is 14.9. The van der Waals surface area contributed by atoms with E-state index in [1.807, 2.05) is 0 Å². The van der Waals surface area contributed by atoms with Crippen LogP contribution in [0.2, 0.25) is 0 Å². The van der Waals surface area contributed by atoms with E-state index in [4.69, 9.17) is 9.97 Å². The Hall–Kier alpha value is -9.50. The van der Waals surface area contributed by atoms with E-state index in [0.717, 1.165) is 39.2 Å². The van der Waals surface area contributed by atoms with Gasteiger partial charge in [0.05, 0.1) is 22.2 Å². The third kappa shape index (κ3) is 5.49. The molecule has 1 heterocycles. The van der Waals surface area contributed by atoms with Gasteiger partial charge in [0.15, 0.2) is 5.82 Å². The van der Waals surface area contributed by atoms with Gasteiger partial charge >= 0.3 is 0 Å². The van der Waals surface area contributed by atoms with Gasteiger partial charge in [-0.3, -0.25) is 0 Å². The molecule has 0 aliphatic heterocycles. The third-order valence-corrected chi connectivity index (χ3v) is 16.8. The first-order chi connectivity index (χ1) is 36.7. The molecule has 342 valence electrons. The molecule has 2 spiro atoms. The lowest BCUT2D eigenvalue weighted by molar-refractivity contribution is 0.633. The quantitative estimate of drug-likeness (QED) is 0.164. The molecule has 0 radical (unpaired) electrons. The summed E-state index contributed by atoms with van der Waals surface area (Å²) in [6.07, 6.45) is 0. The Kier molecular flexibility index (Phi) is 8.62. The number of aromatic nitrogens is 2. The molecule has 0 unspecified atom stereocenters. The maximum Gasteiger partial charge on any atom is 0.160 e. The topological polar surface area (TPSA) is 25.8 Å². The molecule has 0 amide bonds. The lowest BCUT2D eigenvalue weighted by atomic mass is 9.52. The summed E-state index contributed by atoms with van der Waals surface area (Å²) in [5, 5.41) is 7.41. The highest BCUT2D eigenvalue weighted by molar-refractivity contribution is 6.25. The first-order valence-corrected chi connectivity index (χ1v) is 25.7. The van der Waals surface area contributed by atoms with Crippen LogP contribution in [0.25, 0.3) is 99.6 Å². The summed E-state index contributed by atoms with van der Waals surface area (Å²) in [5.74, 6) is 0.699. The monoisotopic (exact) mass is 936 g/mol. The smallest absolute Gasteiger partial charge is 0.160 e. The molecule has 3 aliphatic carbocycles. The molecule has 2 heteroatoms. The van der Waals surface area contributed by atoms with E-state index in [1.54, 1.807) is 0 Å². The van der Waals surface area contributed by atoms with Gasteiger partial charge < -0.3 is 0 Å². The second-order valence-electron chi connectivity index (χ2n) is 20.2. The Morgan fingerprint density at radius 2 is 0.581 bits per heavy atom. The van der Waals surface area contributed by atoms with E-state index in [9.17, 15) is 0 Å². The second-order valence-corrected chi connectivity index (χ2v) is 20.2.